The highest BCUT2D eigenvalue weighted by Gasteiger charge is 2.22. The average Bonchev–Trinajstić information content (AvgIpc) is 3.18. The van der Waals surface area contributed by atoms with Gasteiger partial charge in [-0.3, -0.25) is 9.78 Å². The van der Waals surface area contributed by atoms with E-state index in [2.05, 4.69) is 21.1 Å². The molecule has 8 heteroatoms. The summed E-state index contributed by atoms with van der Waals surface area (Å²) in [6, 6.07) is 11.7. The van der Waals surface area contributed by atoms with Crippen molar-refractivity contribution in [3.63, 3.8) is 0 Å². The summed E-state index contributed by atoms with van der Waals surface area (Å²) in [4.78, 5) is 20.2. The SMILES string of the molecule is COc1cc2c(cc1-c1c(C)noc1C)cc(N1CCOCC1)c(=O)n2Cc1ccccn1. The highest BCUT2D eigenvalue weighted by atomic mass is 16.5. The summed E-state index contributed by atoms with van der Waals surface area (Å²) in [6.45, 7) is 6.72. The van der Waals surface area contributed by atoms with Gasteiger partial charge in [-0.25, -0.2) is 0 Å². The number of aromatic nitrogens is 3. The molecule has 4 aromatic rings. The van der Waals surface area contributed by atoms with Crippen LogP contribution in [0, 0.1) is 13.8 Å². The third-order valence-electron chi connectivity index (χ3n) is 6.10. The molecule has 5 rings (SSSR count). The van der Waals surface area contributed by atoms with E-state index in [1.165, 1.54) is 0 Å². The molecule has 0 amide bonds. The molecule has 0 saturated carbocycles. The Bertz CT molecular complexity index is 1340. The molecule has 0 spiro atoms. The van der Waals surface area contributed by atoms with E-state index in [1.807, 2.05) is 44.2 Å². The lowest BCUT2D eigenvalue weighted by molar-refractivity contribution is 0.122. The fraction of sp³-hybridized carbons (Fsp3) is 0.320. The number of rotatable bonds is 5. The molecule has 0 N–H and O–H groups in total. The molecule has 0 bridgehead atoms. The zero-order valence-electron chi connectivity index (χ0n) is 19.0. The number of aryl methyl sites for hydroxylation is 2. The smallest absolute Gasteiger partial charge is 0.274 e. The number of methoxy groups -OCH3 is 1. The maximum Gasteiger partial charge on any atom is 0.274 e. The number of hydrogen-bond acceptors (Lipinski definition) is 7. The summed E-state index contributed by atoms with van der Waals surface area (Å²) >= 11 is 0. The van der Waals surface area contributed by atoms with Gasteiger partial charge in [-0.2, -0.15) is 0 Å². The Balaban J connectivity index is 1.77. The molecule has 0 unspecified atom stereocenters. The largest absolute Gasteiger partial charge is 0.496 e. The first kappa shape index (κ1) is 21.2. The predicted molar refractivity (Wildman–Crippen MR) is 126 cm³/mol. The maximum absolute atomic E-state index is 13.7. The minimum Gasteiger partial charge on any atom is -0.496 e. The summed E-state index contributed by atoms with van der Waals surface area (Å²) < 4.78 is 18.4. The van der Waals surface area contributed by atoms with Crippen LogP contribution in [-0.2, 0) is 11.3 Å². The predicted octanol–water partition coefficient (Wildman–Crippen LogP) is 3.56. The zero-order valence-corrected chi connectivity index (χ0v) is 19.0. The lowest BCUT2D eigenvalue weighted by Gasteiger charge is -2.29. The van der Waals surface area contributed by atoms with Crippen LogP contribution in [0.5, 0.6) is 5.75 Å². The van der Waals surface area contributed by atoms with Gasteiger partial charge in [-0.05, 0) is 38.1 Å². The molecule has 4 heterocycles. The van der Waals surface area contributed by atoms with E-state index in [-0.39, 0.29) is 5.56 Å². The molecule has 1 fully saturated rings. The van der Waals surface area contributed by atoms with Crippen LogP contribution in [-0.4, -0.2) is 48.1 Å². The normalized spacial score (nSPS) is 14.1. The highest BCUT2D eigenvalue weighted by Crippen LogP contribution is 2.38. The van der Waals surface area contributed by atoms with Crippen molar-refractivity contribution in [2.45, 2.75) is 20.4 Å². The average molecular weight is 447 g/mol. The topological polar surface area (TPSA) is 82.6 Å². The minimum absolute atomic E-state index is 0.0535. The Labute approximate surface area is 191 Å². The molecule has 0 atom stereocenters. The van der Waals surface area contributed by atoms with E-state index in [0.29, 0.717) is 44.3 Å². The Morgan fingerprint density at radius 3 is 2.61 bits per heavy atom. The van der Waals surface area contributed by atoms with Gasteiger partial charge >= 0.3 is 0 Å². The zero-order chi connectivity index (χ0) is 22.9. The van der Waals surface area contributed by atoms with E-state index in [1.54, 1.807) is 17.9 Å². The van der Waals surface area contributed by atoms with Gasteiger partial charge in [0.1, 0.15) is 17.2 Å². The van der Waals surface area contributed by atoms with Crippen molar-refractivity contribution >= 4 is 16.6 Å². The first-order valence-corrected chi connectivity index (χ1v) is 11.0. The van der Waals surface area contributed by atoms with Gasteiger partial charge in [-0.1, -0.05) is 11.2 Å². The van der Waals surface area contributed by atoms with Gasteiger partial charge in [0.15, 0.2) is 0 Å². The summed E-state index contributed by atoms with van der Waals surface area (Å²) in [6.07, 6.45) is 1.74. The van der Waals surface area contributed by atoms with Crippen molar-refractivity contribution in [3.8, 4) is 16.9 Å². The molecule has 8 nitrogen and oxygen atoms in total. The number of anilines is 1. The molecule has 3 aromatic heterocycles. The van der Waals surface area contributed by atoms with E-state index in [4.69, 9.17) is 14.0 Å². The number of morpholine rings is 1. The molecule has 1 saturated heterocycles. The van der Waals surface area contributed by atoms with Crippen molar-refractivity contribution in [3.05, 3.63) is 70.1 Å². The Hall–Kier alpha value is -3.65. The second-order valence-corrected chi connectivity index (χ2v) is 8.15. The molecule has 33 heavy (non-hydrogen) atoms. The van der Waals surface area contributed by atoms with E-state index < -0.39 is 0 Å². The van der Waals surface area contributed by atoms with E-state index in [0.717, 1.165) is 39.2 Å². The fourth-order valence-electron chi connectivity index (χ4n) is 4.47. The quantitative estimate of drug-likeness (QED) is 0.464. The van der Waals surface area contributed by atoms with Crippen LogP contribution >= 0.6 is 0 Å². The lowest BCUT2D eigenvalue weighted by Crippen LogP contribution is -2.40. The Morgan fingerprint density at radius 1 is 1.12 bits per heavy atom. The number of benzene rings is 1. The van der Waals surface area contributed by atoms with Gasteiger partial charge < -0.3 is 23.5 Å². The molecular formula is C25H26N4O4. The van der Waals surface area contributed by atoms with Crippen molar-refractivity contribution in [2.24, 2.45) is 0 Å². The molecule has 1 aliphatic heterocycles. The number of pyridine rings is 2. The van der Waals surface area contributed by atoms with Crippen LogP contribution in [0.1, 0.15) is 17.1 Å². The first-order chi connectivity index (χ1) is 16.1. The summed E-state index contributed by atoms with van der Waals surface area (Å²) in [5.74, 6) is 1.38. The van der Waals surface area contributed by atoms with Crippen molar-refractivity contribution in [1.29, 1.82) is 0 Å². The minimum atomic E-state index is -0.0535. The van der Waals surface area contributed by atoms with Crippen LogP contribution in [0.4, 0.5) is 5.69 Å². The second-order valence-electron chi connectivity index (χ2n) is 8.15. The van der Waals surface area contributed by atoms with E-state index in [9.17, 15) is 4.79 Å². The third-order valence-corrected chi connectivity index (χ3v) is 6.10. The van der Waals surface area contributed by atoms with Crippen LogP contribution < -0.4 is 15.2 Å². The Kier molecular flexibility index (Phi) is 5.60. The number of fused-ring (bicyclic) bond motifs is 1. The van der Waals surface area contributed by atoms with Gasteiger partial charge in [0, 0.05) is 36.3 Å². The van der Waals surface area contributed by atoms with Crippen molar-refractivity contribution in [1.82, 2.24) is 14.7 Å². The summed E-state index contributed by atoms with van der Waals surface area (Å²) in [5.41, 5.74) is 4.80. The molecule has 170 valence electrons. The standard InChI is InChI=1S/C25H26N4O4/c1-16-24(17(2)33-27-16)20-12-18-13-22(28-8-10-32-11-9-28)25(30)29(21(18)14-23(20)31-3)15-19-6-4-5-7-26-19/h4-7,12-14H,8-11,15H2,1-3H3. The first-order valence-electron chi connectivity index (χ1n) is 11.0. The summed E-state index contributed by atoms with van der Waals surface area (Å²) in [5, 5.41) is 5.04. The maximum atomic E-state index is 13.7. The monoisotopic (exact) mass is 446 g/mol. The van der Waals surface area contributed by atoms with Crippen LogP contribution in [0.15, 0.2) is 51.9 Å². The van der Waals surface area contributed by atoms with Gasteiger partial charge in [-0.15, -0.1) is 0 Å². The second kappa shape index (κ2) is 8.71. The van der Waals surface area contributed by atoms with Gasteiger partial charge in [0.2, 0.25) is 0 Å². The molecule has 0 aliphatic carbocycles. The fourth-order valence-corrected chi connectivity index (χ4v) is 4.47. The number of hydrogen-bond donors (Lipinski definition) is 0. The lowest BCUT2D eigenvalue weighted by atomic mass is 10.00. The summed E-state index contributed by atoms with van der Waals surface area (Å²) in [7, 11) is 1.63. The number of nitrogens with zero attached hydrogens (tertiary/aromatic N) is 4. The van der Waals surface area contributed by atoms with Crippen LogP contribution in [0.25, 0.3) is 22.0 Å². The van der Waals surface area contributed by atoms with Crippen molar-refractivity contribution in [2.75, 3.05) is 38.3 Å². The molecule has 1 aliphatic rings. The van der Waals surface area contributed by atoms with Crippen LogP contribution in [0.2, 0.25) is 0 Å². The third kappa shape index (κ3) is 3.87. The molecule has 0 radical (unpaired) electrons. The van der Waals surface area contributed by atoms with Gasteiger partial charge in [0.05, 0.1) is 49.3 Å². The Morgan fingerprint density at radius 2 is 1.94 bits per heavy atom. The molecular weight excluding hydrogens is 420 g/mol. The van der Waals surface area contributed by atoms with E-state index >= 15 is 0 Å². The van der Waals surface area contributed by atoms with Crippen LogP contribution in [0.3, 0.4) is 0 Å². The highest BCUT2D eigenvalue weighted by molar-refractivity contribution is 5.91. The number of ether oxygens (including phenoxy) is 2. The van der Waals surface area contributed by atoms with Crippen molar-refractivity contribution < 1.29 is 14.0 Å². The van der Waals surface area contributed by atoms with Gasteiger partial charge in [0.25, 0.3) is 5.56 Å². The molecule has 1 aromatic carbocycles.